The van der Waals surface area contributed by atoms with Crippen LogP contribution < -0.4 is 5.73 Å². The Labute approximate surface area is 44.3 Å². The summed E-state index contributed by atoms with van der Waals surface area (Å²) in [4.78, 5) is 2.18. The lowest BCUT2D eigenvalue weighted by atomic mass is 10.3. The molecule has 0 aromatic carbocycles. The third kappa shape index (κ3) is 0.924. The van der Waals surface area contributed by atoms with Crippen molar-refractivity contribution in [2.45, 2.75) is 19.0 Å². The van der Waals surface area contributed by atoms with E-state index in [9.17, 15) is 0 Å². The molecule has 0 aromatic heterocycles. The second kappa shape index (κ2) is 1.80. The van der Waals surface area contributed by atoms with E-state index >= 15 is 0 Å². The predicted molar refractivity (Wildman–Crippen MR) is 29.8 cm³/mol. The molecule has 0 aromatic rings. The average Bonchev–Trinajstić information content (AvgIpc) is 1.91. The Kier molecular flexibility index (Phi) is 1.30. The fraction of sp³-hybridized carbons (Fsp3) is 1.00. The van der Waals surface area contributed by atoms with Gasteiger partial charge in [-0.2, -0.15) is 0 Å². The van der Waals surface area contributed by atoms with Crippen LogP contribution in [0.2, 0.25) is 0 Å². The maximum Gasteiger partial charge on any atom is 0.0569 e. The van der Waals surface area contributed by atoms with Crippen LogP contribution >= 0.6 is 0 Å². The number of nitrogens with zero attached hydrogens (tertiary/aromatic N) is 1. The molecule has 1 heterocycles. The Hall–Kier alpha value is -0.0800. The highest BCUT2D eigenvalue weighted by Gasteiger charge is 2.14. The molecular formula is C5H12N2. The minimum atomic E-state index is 0.347. The van der Waals surface area contributed by atoms with E-state index in [0.717, 1.165) is 0 Å². The van der Waals surface area contributed by atoms with Gasteiger partial charge in [-0.05, 0) is 26.4 Å². The topological polar surface area (TPSA) is 29.3 Å². The Morgan fingerprint density at radius 3 is 2.57 bits per heavy atom. The zero-order valence-electron chi connectivity index (χ0n) is 4.72. The van der Waals surface area contributed by atoms with E-state index in [1.54, 1.807) is 0 Å². The number of hydrogen-bond donors (Lipinski definition) is 1. The van der Waals surface area contributed by atoms with E-state index in [0.29, 0.717) is 6.17 Å². The molecule has 0 unspecified atom stereocenters. The molecular weight excluding hydrogens is 88.1 g/mol. The smallest absolute Gasteiger partial charge is 0.0569 e. The van der Waals surface area contributed by atoms with Gasteiger partial charge in [-0.3, -0.25) is 4.90 Å². The molecule has 7 heavy (non-hydrogen) atoms. The van der Waals surface area contributed by atoms with Crippen LogP contribution in [0.4, 0.5) is 0 Å². The molecule has 2 heteroatoms. The van der Waals surface area contributed by atoms with Crippen molar-refractivity contribution in [2.24, 2.45) is 5.73 Å². The third-order valence-electron chi connectivity index (χ3n) is 1.58. The van der Waals surface area contributed by atoms with Gasteiger partial charge < -0.3 is 5.73 Å². The first-order chi connectivity index (χ1) is 3.30. The molecule has 0 aliphatic carbocycles. The molecule has 1 saturated heterocycles. The molecule has 42 valence electrons. The minimum Gasteiger partial charge on any atom is -0.316 e. The summed E-state index contributed by atoms with van der Waals surface area (Å²) in [7, 11) is 2.07. The van der Waals surface area contributed by atoms with Crippen molar-refractivity contribution >= 4 is 0 Å². The highest BCUT2D eigenvalue weighted by molar-refractivity contribution is 4.69. The second-order valence-electron chi connectivity index (χ2n) is 2.19. The van der Waals surface area contributed by atoms with Gasteiger partial charge in [0.2, 0.25) is 0 Å². The fourth-order valence-corrected chi connectivity index (χ4v) is 0.936. The number of nitrogens with two attached hydrogens (primary N) is 1. The quantitative estimate of drug-likeness (QED) is 0.464. The van der Waals surface area contributed by atoms with Crippen LogP contribution in [0.1, 0.15) is 12.8 Å². The van der Waals surface area contributed by atoms with Gasteiger partial charge in [0.25, 0.3) is 0 Å². The summed E-state index contributed by atoms with van der Waals surface area (Å²) in [5.41, 5.74) is 5.60. The third-order valence-corrected chi connectivity index (χ3v) is 1.58. The Bertz CT molecular complexity index is 55.1. The van der Waals surface area contributed by atoms with E-state index in [2.05, 4.69) is 11.9 Å². The molecule has 1 fully saturated rings. The van der Waals surface area contributed by atoms with Crippen LogP contribution in [0, 0.1) is 0 Å². The first-order valence-corrected chi connectivity index (χ1v) is 2.76. The monoisotopic (exact) mass is 100 g/mol. The molecule has 0 bridgehead atoms. The lowest BCUT2D eigenvalue weighted by molar-refractivity contribution is 0.318. The summed E-state index contributed by atoms with van der Waals surface area (Å²) in [6.07, 6.45) is 2.80. The normalized spacial score (nSPS) is 34.3. The van der Waals surface area contributed by atoms with E-state index < -0.39 is 0 Å². The van der Waals surface area contributed by atoms with Crippen LogP contribution in [-0.4, -0.2) is 24.7 Å². The van der Waals surface area contributed by atoms with Gasteiger partial charge in [0.1, 0.15) is 0 Å². The van der Waals surface area contributed by atoms with Gasteiger partial charge in [0.05, 0.1) is 6.17 Å². The summed E-state index contributed by atoms with van der Waals surface area (Å²) in [6, 6.07) is 0. The van der Waals surface area contributed by atoms with Crippen LogP contribution in [0.15, 0.2) is 0 Å². The van der Waals surface area contributed by atoms with Crippen LogP contribution in [-0.2, 0) is 0 Å². The highest BCUT2D eigenvalue weighted by Crippen LogP contribution is 2.08. The molecule has 2 nitrogen and oxygen atoms in total. The minimum absolute atomic E-state index is 0.347. The maximum atomic E-state index is 5.60. The fourth-order valence-electron chi connectivity index (χ4n) is 0.936. The van der Waals surface area contributed by atoms with Crippen LogP contribution in [0.25, 0.3) is 0 Å². The molecule has 1 atom stereocenters. The van der Waals surface area contributed by atoms with E-state index in [-0.39, 0.29) is 0 Å². The molecule has 0 spiro atoms. The predicted octanol–water partition coefficient (Wildman–Crippen LogP) is -0.00320. The van der Waals surface area contributed by atoms with Crippen molar-refractivity contribution in [2.75, 3.05) is 13.6 Å². The average molecular weight is 100 g/mol. The zero-order chi connectivity index (χ0) is 5.28. The van der Waals surface area contributed by atoms with Gasteiger partial charge in [-0.15, -0.1) is 0 Å². The molecule has 1 aliphatic heterocycles. The lowest BCUT2D eigenvalue weighted by Crippen LogP contribution is -2.32. The Balaban J connectivity index is 2.33. The maximum absolute atomic E-state index is 5.60. The summed E-state index contributed by atoms with van der Waals surface area (Å²) in [6.45, 7) is 1.18. The van der Waals surface area contributed by atoms with Crippen molar-refractivity contribution in [3.05, 3.63) is 0 Å². The van der Waals surface area contributed by atoms with Crippen molar-refractivity contribution < 1.29 is 0 Å². The van der Waals surface area contributed by atoms with E-state index in [1.165, 1.54) is 19.4 Å². The second-order valence-corrected chi connectivity index (χ2v) is 2.19. The van der Waals surface area contributed by atoms with Crippen molar-refractivity contribution in [3.8, 4) is 0 Å². The number of rotatable bonds is 0. The van der Waals surface area contributed by atoms with Gasteiger partial charge in [0.15, 0.2) is 0 Å². The Morgan fingerprint density at radius 2 is 2.43 bits per heavy atom. The Morgan fingerprint density at radius 1 is 1.71 bits per heavy atom. The summed E-state index contributed by atoms with van der Waals surface area (Å²) in [5, 5.41) is 0. The van der Waals surface area contributed by atoms with Crippen LogP contribution in [0.5, 0.6) is 0 Å². The van der Waals surface area contributed by atoms with Gasteiger partial charge >= 0.3 is 0 Å². The zero-order valence-corrected chi connectivity index (χ0v) is 4.72. The standard InChI is InChI=1S/C5H12N2/c1-7-4-2-3-5(7)6/h5H,2-4,6H2,1H3/t5-/m1/s1. The number of hydrogen-bond acceptors (Lipinski definition) is 2. The number of likely N-dealkylation sites (tertiary alicyclic amines) is 1. The van der Waals surface area contributed by atoms with Crippen molar-refractivity contribution in [1.29, 1.82) is 0 Å². The lowest BCUT2D eigenvalue weighted by Gasteiger charge is -2.12. The van der Waals surface area contributed by atoms with E-state index in [4.69, 9.17) is 5.73 Å². The summed E-state index contributed by atoms with van der Waals surface area (Å²) >= 11 is 0. The van der Waals surface area contributed by atoms with Gasteiger partial charge in [0, 0.05) is 0 Å². The van der Waals surface area contributed by atoms with Gasteiger partial charge in [-0.1, -0.05) is 0 Å². The molecule has 1 aliphatic rings. The molecule has 0 saturated carbocycles. The summed E-state index contributed by atoms with van der Waals surface area (Å²) < 4.78 is 0. The molecule has 1 rings (SSSR count). The van der Waals surface area contributed by atoms with Crippen LogP contribution in [0.3, 0.4) is 0 Å². The first kappa shape index (κ1) is 5.06. The molecule has 0 amide bonds. The van der Waals surface area contributed by atoms with E-state index in [1.807, 2.05) is 0 Å². The molecule has 0 radical (unpaired) electrons. The van der Waals surface area contributed by atoms with Crippen molar-refractivity contribution in [3.63, 3.8) is 0 Å². The van der Waals surface area contributed by atoms with Crippen molar-refractivity contribution in [1.82, 2.24) is 4.90 Å². The summed E-state index contributed by atoms with van der Waals surface area (Å²) in [5.74, 6) is 0. The highest BCUT2D eigenvalue weighted by atomic mass is 15.2. The largest absolute Gasteiger partial charge is 0.316 e. The molecule has 2 N–H and O–H groups in total. The SMILES string of the molecule is CN1CCC[C@@H]1N. The first-order valence-electron chi connectivity index (χ1n) is 2.76. The van der Waals surface area contributed by atoms with Gasteiger partial charge in [-0.25, -0.2) is 0 Å².